The first-order chi connectivity index (χ1) is 15.1. The normalized spacial score (nSPS) is 13.6. The van der Waals surface area contributed by atoms with Gasteiger partial charge >= 0.3 is 0 Å². The van der Waals surface area contributed by atoms with E-state index in [1.807, 2.05) is 41.9 Å². The predicted molar refractivity (Wildman–Crippen MR) is 125 cm³/mol. The highest BCUT2D eigenvalue weighted by atomic mass is 32.2. The van der Waals surface area contributed by atoms with Crippen molar-refractivity contribution >= 4 is 51.8 Å². The minimum Gasteiger partial charge on any atom is -0.326 e. The summed E-state index contributed by atoms with van der Waals surface area (Å²) in [6.07, 6.45) is 0.305. The summed E-state index contributed by atoms with van der Waals surface area (Å²) in [6, 6.07) is 13.3. The maximum absolute atomic E-state index is 13.0. The highest BCUT2D eigenvalue weighted by molar-refractivity contribution is 8.00. The summed E-state index contributed by atoms with van der Waals surface area (Å²) in [5.41, 5.74) is 3.73. The Labute approximate surface area is 190 Å². The third kappa shape index (κ3) is 4.04. The molecular weight excluding hydrogens is 448 g/mol. The van der Waals surface area contributed by atoms with Gasteiger partial charge in [0, 0.05) is 11.3 Å². The Hall–Kier alpha value is -2.88. The Morgan fingerprint density at radius 3 is 2.52 bits per heavy atom. The lowest BCUT2D eigenvalue weighted by Gasteiger charge is -2.11. The van der Waals surface area contributed by atoms with Crippen molar-refractivity contribution in [3.8, 4) is 21.1 Å². The molecule has 154 valence electrons. The van der Waals surface area contributed by atoms with E-state index in [1.165, 1.54) is 11.8 Å². The molecule has 0 fully saturated rings. The molecule has 1 N–H and O–H groups in total. The number of nitrogens with zero attached hydrogens (tertiary/aromatic N) is 3. The van der Waals surface area contributed by atoms with E-state index in [4.69, 9.17) is 4.98 Å². The zero-order valence-electron chi connectivity index (χ0n) is 16.4. The van der Waals surface area contributed by atoms with Gasteiger partial charge in [-0.2, -0.15) is 0 Å². The number of hydrogen-bond acceptors (Lipinski definition) is 8. The molecule has 6 nitrogen and oxygen atoms in total. The number of amides is 1. The first-order valence-corrected chi connectivity index (χ1v) is 12.2. The van der Waals surface area contributed by atoms with Gasteiger partial charge in [0.1, 0.15) is 11.4 Å². The average molecular weight is 465 g/mol. The molecule has 1 atom stereocenters. The third-order valence-corrected chi connectivity index (χ3v) is 7.55. The highest BCUT2D eigenvalue weighted by Crippen LogP contribution is 2.35. The van der Waals surface area contributed by atoms with Crippen molar-refractivity contribution < 1.29 is 9.59 Å². The van der Waals surface area contributed by atoms with E-state index in [9.17, 15) is 9.59 Å². The zero-order valence-corrected chi connectivity index (χ0v) is 18.8. The Bertz CT molecular complexity index is 1270. The smallest absolute Gasteiger partial charge is 0.228 e. The summed E-state index contributed by atoms with van der Waals surface area (Å²) in [6.45, 7) is 1.84. The van der Waals surface area contributed by atoms with E-state index < -0.39 is 5.25 Å². The number of nitrogens with one attached hydrogen (secondary N) is 1. The molecule has 5 rings (SSSR count). The fourth-order valence-corrected chi connectivity index (χ4v) is 5.57. The molecule has 0 bridgehead atoms. The molecule has 1 aromatic carbocycles. The van der Waals surface area contributed by atoms with Gasteiger partial charge in [-0.3, -0.25) is 9.59 Å². The number of Topliss-reactive ketones (excluding diaryl/α,β-unsaturated/α-hetero) is 1. The Kier molecular flexibility index (Phi) is 5.39. The Morgan fingerprint density at radius 1 is 1.06 bits per heavy atom. The molecular formula is C22H16N4O2S3. The van der Waals surface area contributed by atoms with Crippen LogP contribution in [0, 0.1) is 0 Å². The van der Waals surface area contributed by atoms with Crippen LogP contribution in [0.15, 0.2) is 58.4 Å². The molecule has 4 aromatic rings. The number of aromatic nitrogens is 3. The first kappa shape index (κ1) is 20.0. The molecule has 3 aromatic heterocycles. The van der Waals surface area contributed by atoms with Crippen molar-refractivity contribution in [2.75, 3.05) is 5.32 Å². The van der Waals surface area contributed by atoms with Crippen LogP contribution in [0.5, 0.6) is 0 Å². The van der Waals surface area contributed by atoms with Gasteiger partial charge in [-0.05, 0) is 53.6 Å². The summed E-state index contributed by atoms with van der Waals surface area (Å²) in [7, 11) is 0. The summed E-state index contributed by atoms with van der Waals surface area (Å²) in [5, 5.41) is 15.6. The number of rotatable bonds is 6. The van der Waals surface area contributed by atoms with Crippen molar-refractivity contribution in [1.29, 1.82) is 0 Å². The number of hydrogen-bond donors (Lipinski definition) is 1. The standard InChI is InChI=1S/C22H16N4O2S3/c1-12(21(28)13-6-7-15-14(10-13)11-18(27)23-15)31-22-24-19(16-4-2-8-29-16)20(25-26-22)17-5-3-9-30-17/h2-10,12H,11H2,1H3,(H,23,27). The minimum absolute atomic E-state index is 0.0317. The van der Waals surface area contributed by atoms with Gasteiger partial charge in [-0.25, -0.2) is 4.98 Å². The number of thiophene rings is 2. The molecule has 0 saturated carbocycles. The molecule has 0 aliphatic carbocycles. The van der Waals surface area contributed by atoms with Crippen molar-refractivity contribution in [2.45, 2.75) is 23.8 Å². The number of fused-ring (bicyclic) bond motifs is 1. The molecule has 1 unspecified atom stereocenters. The first-order valence-electron chi connectivity index (χ1n) is 9.54. The lowest BCUT2D eigenvalue weighted by molar-refractivity contribution is -0.115. The van der Waals surface area contributed by atoms with Gasteiger partial charge in [0.15, 0.2) is 5.78 Å². The quantitative estimate of drug-likeness (QED) is 0.312. The number of ketones is 1. The van der Waals surface area contributed by atoms with Gasteiger partial charge in [0.05, 0.1) is 21.4 Å². The van der Waals surface area contributed by atoms with E-state index in [0.717, 1.165) is 32.4 Å². The van der Waals surface area contributed by atoms with Gasteiger partial charge in [0.2, 0.25) is 11.1 Å². The second-order valence-electron chi connectivity index (χ2n) is 6.97. The summed E-state index contributed by atoms with van der Waals surface area (Å²) >= 11 is 4.47. The molecule has 1 aliphatic heterocycles. The second-order valence-corrected chi connectivity index (χ2v) is 10.2. The summed E-state index contributed by atoms with van der Waals surface area (Å²) < 4.78 is 0. The van der Waals surface area contributed by atoms with Crippen LogP contribution in [0.4, 0.5) is 5.69 Å². The monoisotopic (exact) mass is 464 g/mol. The van der Waals surface area contributed by atoms with Crippen molar-refractivity contribution in [1.82, 2.24) is 15.2 Å². The van der Waals surface area contributed by atoms with Gasteiger partial charge in [0.25, 0.3) is 0 Å². The molecule has 1 aliphatic rings. The Morgan fingerprint density at radius 2 is 1.81 bits per heavy atom. The van der Waals surface area contributed by atoms with Gasteiger partial charge < -0.3 is 5.32 Å². The number of carbonyl (C=O) groups is 2. The van der Waals surface area contributed by atoms with Crippen LogP contribution < -0.4 is 5.32 Å². The molecule has 0 radical (unpaired) electrons. The minimum atomic E-state index is -0.395. The van der Waals surface area contributed by atoms with Crippen LogP contribution >= 0.6 is 34.4 Å². The molecule has 9 heteroatoms. The lowest BCUT2D eigenvalue weighted by atomic mass is 10.0. The second kappa shape index (κ2) is 8.33. The fourth-order valence-electron chi connectivity index (χ4n) is 3.35. The van der Waals surface area contributed by atoms with Crippen LogP contribution in [0.1, 0.15) is 22.8 Å². The van der Waals surface area contributed by atoms with Crippen LogP contribution in [0.3, 0.4) is 0 Å². The van der Waals surface area contributed by atoms with Crippen molar-refractivity contribution in [3.05, 3.63) is 64.4 Å². The molecule has 31 heavy (non-hydrogen) atoms. The molecule has 4 heterocycles. The number of thioether (sulfide) groups is 1. The van der Waals surface area contributed by atoms with Crippen LogP contribution in [0.2, 0.25) is 0 Å². The lowest BCUT2D eigenvalue weighted by Crippen LogP contribution is -2.14. The van der Waals surface area contributed by atoms with Gasteiger partial charge in [-0.1, -0.05) is 23.9 Å². The maximum atomic E-state index is 13.0. The van der Waals surface area contributed by atoms with E-state index >= 15 is 0 Å². The number of benzene rings is 1. The average Bonchev–Trinajstić information content (AvgIpc) is 3.53. The summed E-state index contributed by atoms with van der Waals surface area (Å²) in [5.74, 6) is -0.0795. The summed E-state index contributed by atoms with van der Waals surface area (Å²) in [4.78, 5) is 31.3. The maximum Gasteiger partial charge on any atom is 0.228 e. The fraction of sp³-hybridized carbons (Fsp3) is 0.136. The van der Waals surface area contributed by atoms with Crippen LogP contribution in [0.25, 0.3) is 21.1 Å². The highest BCUT2D eigenvalue weighted by Gasteiger charge is 2.24. The van der Waals surface area contributed by atoms with E-state index in [-0.39, 0.29) is 11.7 Å². The van der Waals surface area contributed by atoms with Crippen molar-refractivity contribution in [2.24, 2.45) is 0 Å². The number of carbonyl (C=O) groups excluding carboxylic acids is 2. The third-order valence-electron chi connectivity index (χ3n) is 4.84. The van der Waals surface area contributed by atoms with Crippen LogP contribution in [-0.4, -0.2) is 32.1 Å². The van der Waals surface area contributed by atoms with Crippen LogP contribution in [-0.2, 0) is 11.2 Å². The van der Waals surface area contributed by atoms with E-state index in [1.54, 1.807) is 40.9 Å². The molecule has 0 saturated heterocycles. The Balaban J connectivity index is 1.41. The van der Waals surface area contributed by atoms with Gasteiger partial charge in [-0.15, -0.1) is 32.9 Å². The predicted octanol–water partition coefficient (Wildman–Crippen LogP) is 5.19. The zero-order chi connectivity index (χ0) is 21.4. The largest absolute Gasteiger partial charge is 0.326 e. The molecule has 0 spiro atoms. The SMILES string of the molecule is CC(Sc1nnc(-c2cccs2)c(-c2cccs2)n1)C(=O)c1ccc2c(c1)CC(=O)N2. The topological polar surface area (TPSA) is 84.8 Å². The van der Waals surface area contributed by atoms with E-state index in [0.29, 0.717) is 17.1 Å². The molecule has 1 amide bonds. The van der Waals surface area contributed by atoms with E-state index in [2.05, 4.69) is 15.5 Å². The number of anilines is 1. The van der Waals surface area contributed by atoms with Crippen molar-refractivity contribution in [3.63, 3.8) is 0 Å².